The molecular weight excluding hydrogens is 304 g/mol. The number of amides is 1. The van der Waals surface area contributed by atoms with Gasteiger partial charge in [-0.2, -0.15) is 0 Å². The van der Waals surface area contributed by atoms with E-state index in [1.807, 2.05) is 24.3 Å². The highest BCUT2D eigenvalue weighted by atomic mass is 16.5. The average Bonchev–Trinajstić information content (AvgIpc) is 2.57. The largest absolute Gasteiger partial charge is 0.491 e. The molecule has 8 nitrogen and oxygen atoms in total. The first-order chi connectivity index (χ1) is 11.0. The van der Waals surface area contributed by atoms with Gasteiger partial charge >= 0.3 is 5.97 Å². The van der Waals surface area contributed by atoms with E-state index in [9.17, 15) is 9.59 Å². The van der Waals surface area contributed by atoms with Gasteiger partial charge in [-0.15, -0.1) is 0 Å². The van der Waals surface area contributed by atoms with Crippen LogP contribution in [0.1, 0.15) is 12.0 Å². The maximum absolute atomic E-state index is 10.8. The molecule has 1 amide bonds. The van der Waals surface area contributed by atoms with Crippen LogP contribution in [0.2, 0.25) is 0 Å². The van der Waals surface area contributed by atoms with Gasteiger partial charge in [0.05, 0.1) is 39.9 Å². The lowest BCUT2D eigenvalue weighted by atomic mass is 10.2. The van der Waals surface area contributed by atoms with E-state index in [1.54, 1.807) is 0 Å². The van der Waals surface area contributed by atoms with E-state index in [2.05, 4.69) is 10.5 Å². The second-order valence-corrected chi connectivity index (χ2v) is 4.27. The molecule has 0 aliphatic carbocycles. The van der Waals surface area contributed by atoms with E-state index in [1.165, 1.54) is 7.11 Å². The molecule has 0 aromatic heterocycles. The highest BCUT2D eigenvalue weighted by molar-refractivity contribution is 5.75. The minimum Gasteiger partial charge on any atom is -0.491 e. The predicted octanol–water partition coefficient (Wildman–Crippen LogP) is -0.432. The number of ether oxygens (including phenoxy) is 3. The summed E-state index contributed by atoms with van der Waals surface area (Å²) < 4.78 is 15.1. The number of benzene rings is 1. The second kappa shape index (κ2) is 13.5. The summed E-state index contributed by atoms with van der Waals surface area (Å²) in [5.74, 6) is -0.0573. The molecule has 8 heteroatoms. The Balaban J connectivity index is 0.000000841. The fraction of sp³-hybridized carbons (Fsp3) is 0.467. The Morgan fingerprint density at radius 2 is 1.96 bits per heavy atom. The number of aliphatic hydroxyl groups excluding tert-OH is 1. The van der Waals surface area contributed by atoms with Crippen LogP contribution in [0.5, 0.6) is 5.75 Å². The van der Waals surface area contributed by atoms with Gasteiger partial charge in [0, 0.05) is 0 Å². The number of carbonyl (C=O) groups is 2. The summed E-state index contributed by atoms with van der Waals surface area (Å²) in [7, 11) is 1.35. The Morgan fingerprint density at radius 3 is 2.52 bits per heavy atom. The lowest BCUT2D eigenvalue weighted by molar-refractivity contribution is -0.141. The fourth-order valence-electron chi connectivity index (χ4n) is 1.34. The van der Waals surface area contributed by atoms with Gasteiger partial charge in [0.15, 0.2) is 0 Å². The molecule has 0 saturated carbocycles. The fourth-order valence-corrected chi connectivity index (χ4v) is 1.34. The van der Waals surface area contributed by atoms with Crippen molar-refractivity contribution in [3.63, 3.8) is 0 Å². The van der Waals surface area contributed by atoms with Crippen LogP contribution in [0, 0.1) is 0 Å². The molecular formula is C15H24N2O6. The van der Waals surface area contributed by atoms with Crippen LogP contribution < -0.4 is 16.2 Å². The average molecular weight is 328 g/mol. The molecule has 1 aromatic carbocycles. The zero-order valence-corrected chi connectivity index (χ0v) is 13.2. The lowest BCUT2D eigenvalue weighted by Gasteiger charge is -2.07. The smallest absolute Gasteiger partial charge is 0.307 e. The second-order valence-electron chi connectivity index (χ2n) is 4.27. The monoisotopic (exact) mass is 328 g/mol. The van der Waals surface area contributed by atoms with Crippen LogP contribution in [0.15, 0.2) is 24.3 Å². The van der Waals surface area contributed by atoms with Gasteiger partial charge in [0.1, 0.15) is 12.4 Å². The molecule has 5 N–H and O–H groups in total. The van der Waals surface area contributed by atoms with E-state index in [4.69, 9.17) is 20.3 Å². The summed E-state index contributed by atoms with van der Waals surface area (Å²) in [5, 5.41) is 8.65. The summed E-state index contributed by atoms with van der Waals surface area (Å²) in [4.78, 5) is 20.3. The number of aliphatic hydroxyl groups is 1. The number of esters is 1. The van der Waals surface area contributed by atoms with Crippen molar-refractivity contribution in [2.75, 3.05) is 33.5 Å². The number of methoxy groups -OCH3 is 1. The molecule has 0 spiro atoms. The van der Waals surface area contributed by atoms with Crippen molar-refractivity contribution in [2.45, 2.75) is 13.0 Å². The van der Waals surface area contributed by atoms with Crippen molar-refractivity contribution >= 4 is 11.9 Å². The first-order valence-electron chi connectivity index (χ1n) is 6.99. The number of nitrogens with two attached hydrogens (primary N) is 2. The summed E-state index contributed by atoms with van der Waals surface area (Å²) >= 11 is 0. The Morgan fingerprint density at radius 1 is 1.26 bits per heavy atom. The SMILES string of the molecule is COC(=O)CCOCc1cccc(OCCO)c1.NCC(N)=O. The zero-order chi connectivity index (χ0) is 17.5. The van der Waals surface area contributed by atoms with Crippen LogP contribution in [-0.2, 0) is 25.7 Å². The Hall–Kier alpha value is -2.16. The van der Waals surface area contributed by atoms with E-state index in [0.717, 1.165) is 5.56 Å². The van der Waals surface area contributed by atoms with Gasteiger partial charge in [-0.1, -0.05) is 12.1 Å². The van der Waals surface area contributed by atoms with Crippen molar-refractivity contribution in [3.05, 3.63) is 29.8 Å². The van der Waals surface area contributed by atoms with Crippen molar-refractivity contribution < 1.29 is 28.9 Å². The molecule has 23 heavy (non-hydrogen) atoms. The molecule has 1 aromatic rings. The maximum atomic E-state index is 10.8. The Kier molecular flexibility index (Phi) is 12.2. The first kappa shape index (κ1) is 20.8. The van der Waals surface area contributed by atoms with Crippen LogP contribution in [0.3, 0.4) is 0 Å². The van der Waals surface area contributed by atoms with Gasteiger partial charge in [0.25, 0.3) is 0 Å². The Bertz CT molecular complexity index is 467. The third kappa shape index (κ3) is 12.1. The standard InChI is InChI=1S/C13H18O5.C2H6N2O/c1-16-13(15)5-7-17-10-11-3-2-4-12(9-11)18-8-6-14;3-1-2(4)5/h2-4,9,14H,5-8,10H2,1H3;1,3H2,(H2,4,5). The highest BCUT2D eigenvalue weighted by Crippen LogP contribution is 2.14. The molecule has 0 heterocycles. The number of hydrogen-bond donors (Lipinski definition) is 3. The molecule has 0 saturated heterocycles. The summed E-state index contributed by atoms with van der Waals surface area (Å²) in [6, 6.07) is 7.41. The molecule has 0 atom stereocenters. The Labute approximate surface area is 135 Å². The van der Waals surface area contributed by atoms with Gasteiger partial charge in [0.2, 0.25) is 5.91 Å². The van der Waals surface area contributed by atoms with Crippen molar-refractivity contribution in [1.29, 1.82) is 0 Å². The molecule has 0 radical (unpaired) electrons. The number of primary amides is 1. The lowest BCUT2D eigenvalue weighted by Crippen LogP contribution is -2.21. The molecule has 0 bridgehead atoms. The number of hydrogen-bond acceptors (Lipinski definition) is 7. The normalized spacial score (nSPS) is 9.52. The zero-order valence-electron chi connectivity index (χ0n) is 13.2. The molecule has 0 fully saturated rings. The molecule has 130 valence electrons. The van der Waals surface area contributed by atoms with Gasteiger partial charge in [-0.05, 0) is 17.7 Å². The van der Waals surface area contributed by atoms with Gasteiger partial charge in [-0.3, -0.25) is 9.59 Å². The van der Waals surface area contributed by atoms with Gasteiger partial charge < -0.3 is 30.8 Å². The van der Waals surface area contributed by atoms with E-state index < -0.39 is 5.91 Å². The van der Waals surface area contributed by atoms with Gasteiger partial charge in [-0.25, -0.2) is 0 Å². The van der Waals surface area contributed by atoms with Crippen molar-refractivity contribution in [1.82, 2.24) is 0 Å². The summed E-state index contributed by atoms with van der Waals surface area (Å²) in [6.45, 7) is 0.939. The van der Waals surface area contributed by atoms with Crippen LogP contribution in [0.4, 0.5) is 0 Å². The maximum Gasteiger partial charge on any atom is 0.307 e. The first-order valence-corrected chi connectivity index (χ1v) is 6.99. The van der Waals surface area contributed by atoms with Crippen LogP contribution >= 0.6 is 0 Å². The van der Waals surface area contributed by atoms with E-state index >= 15 is 0 Å². The highest BCUT2D eigenvalue weighted by Gasteiger charge is 2.01. The molecule has 0 aliphatic heterocycles. The van der Waals surface area contributed by atoms with Crippen molar-refractivity contribution in [2.24, 2.45) is 11.5 Å². The minimum absolute atomic E-state index is 0.0140. The number of rotatable bonds is 9. The predicted molar refractivity (Wildman–Crippen MR) is 83.6 cm³/mol. The minimum atomic E-state index is -0.468. The molecule has 1 rings (SSSR count). The summed E-state index contributed by atoms with van der Waals surface area (Å²) in [5.41, 5.74) is 10.2. The van der Waals surface area contributed by atoms with E-state index in [0.29, 0.717) is 19.0 Å². The quantitative estimate of drug-likeness (QED) is 0.413. The van der Waals surface area contributed by atoms with Crippen LogP contribution in [0.25, 0.3) is 0 Å². The number of carbonyl (C=O) groups excluding carboxylic acids is 2. The van der Waals surface area contributed by atoms with Crippen molar-refractivity contribution in [3.8, 4) is 5.75 Å². The summed E-state index contributed by atoms with van der Waals surface area (Å²) in [6.07, 6.45) is 0.247. The molecule has 0 aliphatic rings. The third-order valence-electron chi connectivity index (χ3n) is 2.41. The molecule has 0 unspecified atom stereocenters. The topological polar surface area (TPSA) is 134 Å². The van der Waals surface area contributed by atoms with E-state index in [-0.39, 0.29) is 32.1 Å². The third-order valence-corrected chi connectivity index (χ3v) is 2.41. The van der Waals surface area contributed by atoms with Crippen LogP contribution in [-0.4, -0.2) is 50.5 Å².